The first kappa shape index (κ1) is 14.3. The summed E-state index contributed by atoms with van der Waals surface area (Å²) in [5, 5.41) is 8.69. The average molecular weight is 273 g/mol. The fourth-order valence-electron chi connectivity index (χ4n) is 2.34. The van der Waals surface area contributed by atoms with Gasteiger partial charge in [-0.3, -0.25) is 4.79 Å². The number of carbonyl (C=O) groups is 2. The van der Waals surface area contributed by atoms with Gasteiger partial charge in [-0.25, -0.2) is 4.79 Å². The number of hydrogen-bond donors (Lipinski definition) is 1. The third-order valence-corrected chi connectivity index (χ3v) is 3.60. The molecule has 0 saturated heterocycles. The minimum absolute atomic E-state index is 0.0399. The van der Waals surface area contributed by atoms with E-state index >= 15 is 0 Å². The van der Waals surface area contributed by atoms with Gasteiger partial charge in [-0.05, 0) is 50.0 Å². The SMILES string of the molecule is CCN(C(=O)c1cccc(C=CC(=O)O)c1C)C1CC1. The highest BCUT2D eigenvalue weighted by molar-refractivity contribution is 5.97. The largest absolute Gasteiger partial charge is 0.478 e. The summed E-state index contributed by atoms with van der Waals surface area (Å²) in [4.78, 5) is 25.0. The summed E-state index contributed by atoms with van der Waals surface area (Å²) >= 11 is 0. The molecule has 1 amide bonds. The molecule has 1 aromatic rings. The van der Waals surface area contributed by atoms with Crippen LogP contribution in [0.25, 0.3) is 6.08 Å². The summed E-state index contributed by atoms with van der Waals surface area (Å²) in [6.07, 6.45) is 4.78. The number of benzene rings is 1. The second kappa shape index (κ2) is 5.90. The van der Waals surface area contributed by atoms with Gasteiger partial charge in [0.25, 0.3) is 5.91 Å². The van der Waals surface area contributed by atoms with E-state index < -0.39 is 5.97 Å². The summed E-state index contributed by atoms with van der Waals surface area (Å²) in [5.74, 6) is -0.952. The van der Waals surface area contributed by atoms with Gasteiger partial charge in [-0.1, -0.05) is 12.1 Å². The number of carbonyl (C=O) groups excluding carboxylic acids is 1. The van der Waals surface area contributed by atoms with Crippen LogP contribution in [0.1, 0.15) is 41.3 Å². The maximum Gasteiger partial charge on any atom is 0.328 e. The topological polar surface area (TPSA) is 57.6 Å². The second-order valence-corrected chi connectivity index (χ2v) is 5.01. The number of nitrogens with zero attached hydrogens (tertiary/aromatic N) is 1. The first-order valence-electron chi connectivity index (χ1n) is 6.86. The highest BCUT2D eigenvalue weighted by atomic mass is 16.4. The first-order valence-corrected chi connectivity index (χ1v) is 6.86. The molecule has 0 aliphatic heterocycles. The molecule has 0 atom stereocenters. The van der Waals surface area contributed by atoms with Gasteiger partial charge in [-0.15, -0.1) is 0 Å². The van der Waals surface area contributed by atoms with E-state index in [4.69, 9.17) is 5.11 Å². The minimum atomic E-state index is -0.991. The molecule has 0 unspecified atom stereocenters. The van der Waals surface area contributed by atoms with E-state index in [1.165, 1.54) is 6.08 Å². The predicted molar refractivity (Wildman–Crippen MR) is 77.6 cm³/mol. The minimum Gasteiger partial charge on any atom is -0.478 e. The Kier molecular flexibility index (Phi) is 4.23. The fourth-order valence-corrected chi connectivity index (χ4v) is 2.34. The maximum atomic E-state index is 12.6. The van der Waals surface area contributed by atoms with Gasteiger partial charge in [0.15, 0.2) is 0 Å². The van der Waals surface area contributed by atoms with Crippen molar-refractivity contribution >= 4 is 18.0 Å². The van der Waals surface area contributed by atoms with Gasteiger partial charge >= 0.3 is 5.97 Å². The molecule has 20 heavy (non-hydrogen) atoms. The Morgan fingerprint density at radius 3 is 2.65 bits per heavy atom. The molecular weight excluding hydrogens is 254 g/mol. The highest BCUT2D eigenvalue weighted by Crippen LogP contribution is 2.29. The molecule has 1 fully saturated rings. The zero-order valence-electron chi connectivity index (χ0n) is 11.8. The van der Waals surface area contributed by atoms with Crippen LogP contribution in [0.2, 0.25) is 0 Å². The first-order chi connectivity index (χ1) is 9.54. The van der Waals surface area contributed by atoms with Gasteiger partial charge < -0.3 is 10.0 Å². The van der Waals surface area contributed by atoms with E-state index in [1.807, 2.05) is 24.8 Å². The molecule has 2 rings (SSSR count). The van der Waals surface area contributed by atoms with Crippen molar-refractivity contribution in [2.45, 2.75) is 32.7 Å². The fraction of sp³-hybridized carbons (Fsp3) is 0.375. The maximum absolute atomic E-state index is 12.6. The molecule has 1 aromatic carbocycles. The van der Waals surface area contributed by atoms with Gasteiger partial charge in [0.1, 0.15) is 0 Å². The Bertz CT molecular complexity index is 559. The number of hydrogen-bond acceptors (Lipinski definition) is 2. The van der Waals surface area contributed by atoms with Crippen molar-refractivity contribution in [1.29, 1.82) is 0 Å². The predicted octanol–water partition coefficient (Wildman–Crippen LogP) is 2.72. The van der Waals surface area contributed by atoms with E-state index in [0.717, 1.165) is 30.0 Å². The Morgan fingerprint density at radius 2 is 2.10 bits per heavy atom. The average Bonchev–Trinajstić information content (AvgIpc) is 3.22. The lowest BCUT2D eigenvalue weighted by molar-refractivity contribution is -0.131. The number of carboxylic acid groups (broad SMARTS) is 1. The molecular formula is C16H19NO3. The number of amides is 1. The van der Waals surface area contributed by atoms with Crippen molar-refractivity contribution in [2.24, 2.45) is 0 Å². The Labute approximate surface area is 118 Å². The van der Waals surface area contributed by atoms with Crippen LogP contribution < -0.4 is 0 Å². The number of carboxylic acids is 1. The Balaban J connectivity index is 2.30. The summed E-state index contributed by atoms with van der Waals surface area (Å²) in [5.41, 5.74) is 2.26. The van der Waals surface area contributed by atoms with Crippen LogP contribution in [0, 0.1) is 6.92 Å². The molecule has 4 nitrogen and oxygen atoms in total. The molecule has 0 spiro atoms. The molecule has 1 aliphatic carbocycles. The van der Waals surface area contributed by atoms with Crippen molar-refractivity contribution < 1.29 is 14.7 Å². The summed E-state index contributed by atoms with van der Waals surface area (Å²) in [6.45, 7) is 4.55. The monoisotopic (exact) mass is 273 g/mol. The van der Waals surface area contributed by atoms with E-state index in [0.29, 0.717) is 18.2 Å². The zero-order valence-corrected chi connectivity index (χ0v) is 11.8. The van der Waals surface area contributed by atoms with Crippen LogP contribution in [0.4, 0.5) is 0 Å². The van der Waals surface area contributed by atoms with Crippen LogP contribution in [-0.2, 0) is 4.79 Å². The van der Waals surface area contributed by atoms with Gasteiger partial charge in [-0.2, -0.15) is 0 Å². The lowest BCUT2D eigenvalue weighted by Crippen LogP contribution is -2.33. The smallest absolute Gasteiger partial charge is 0.328 e. The van der Waals surface area contributed by atoms with Crippen LogP contribution in [-0.4, -0.2) is 34.5 Å². The Morgan fingerprint density at radius 1 is 1.40 bits per heavy atom. The third-order valence-electron chi connectivity index (χ3n) is 3.60. The van der Waals surface area contributed by atoms with Gasteiger partial charge in [0, 0.05) is 24.2 Å². The molecule has 4 heteroatoms. The van der Waals surface area contributed by atoms with Crippen LogP contribution in [0.5, 0.6) is 0 Å². The molecule has 1 N–H and O–H groups in total. The van der Waals surface area contributed by atoms with Crippen molar-refractivity contribution in [3.8, 4) is 0 Å². The van der Waals surface area contributed by atoms with Gasteiger partial charge in [0.2, 0.25) is 0 Å². The van der Waals surface area contributed by atoms with Crippen LogP contribution >= 0.6 is 0 Å². The van der Waals surface area contributed by atoms with E-state index in [9.17, 15) is 9.59 Å². The summed E-state index contributed by atoms with van der Waals surface area (Å²) in [6, 6.07) is 5.80. The molecule has 1 saturated carbocycles. The molecule has 1 aliphatic rings. The lowest BCUT2D eigenvalue weighted by atomic mass is 10.0. The van der Waals surface area contributed by atoms with E-state index in [2.05, 4.69) is 0 Å². The number of rotatable bonds is 5. The highest BCUT2D eigenvalue weighted by Gasteiger charge is 2.32. The van der Waals surface area contributed by atoms with Crippen molar-refractivity contribution in [2.75, 3.05) is 6.54 Å². The van der Waals surface area contributed by atoms with Gasteiger partial charge in [0.05, 0.1) is 0 Å². The molecule has 106 valence electrons. The van der Waals surface area contributed by atoms with Crippen LogP contribution in [0.15, 0.2) is 24.3 Å². The zero-order chi connectivity index (χ0) is 14.7. The second-order valence-electron chi connectivity index (χ2n) is 5.01. The molecule has 0 bridgehead atoms. The molecule has 0 heterocycles. The Hall–Kier alpha value is -2.10. The quantitative estimate of drug-likeness (QED) is 0.839. The number of aliphatic carboxylic acids is 1. The standard InChI is InChI=1S/C16H19NO3/c1-3-17(13-8-9-13)16(20)14-6-4-5-12(11(14)2)7-10-15(18)19/h4-7,10,13H,3,8-9H2,1-2H3,(H,18,19). The van der Waals surface area contributed by atoms with E-state index in [-0.39, 0.29) is 5.91 Å². The van der Waals surface area contributed by atoms with Crippen molar-refractivity contribution in [3.05, 3.63) is 41.0 Å². The van der Waals surface area contributed by atoms with Crippen molar-refractivity contribution in [1.82, 2.24) is 4.90 Å². The van der Waals surface area contributed by atoms with Crippen LogP contribution in [0.3, 0.4) is 0 Å². The molecule has 0 radical (unpaired) electrons. The third kappa shape index (κ3) is 3.07. The summed E-state index contributed by atoms with van der Waals surface area (Å²) in [7, 11) is 0. The summed E-state index contributed by atoms with van der Waals surface area (Å²) < 4.78 is 0. The lowest BCUT2D eigenvalue weighted by Gasteiger charge is -2.21. The van der Waals surface area contributed by atoms with Crippen molar-refractivity contribution in [3.63, 3.8) is 0 Å². The van der Waals surface area contributed by atoms with E-state index in [1.54, 1.807) is 12.1 Å². The molecule has 0 aromatic heterocycles. The normalized spacial score (nSPS) is 14.5.